The summed E-state index contributed by atoms with van der Waals surface area (Å²) < 4.78 is 5.78. The van der Waals surface area contributed by atoms with Gasteiger partial charge >= 0.3 is 0 Å². The second-order valence-corrected chi connectivity index (χ2v) is 5.34. The monoisotopic (exact) mass is 291 g/mol. The molecule has 114 valence electrons. The third kappa shape index (κ3) is 3.02. The number of aliphatic hydroxyl groups is 2. The van der Waals surface area contributed by atoms with Gasteiger partial charge in [0, 0.05) is 38.8 Å². The lowest BCUT2D eigenvalue weighted by atomic mass is 10.1. The third-order valence-corrected chi connectivity index (χ3v) is 4.06. The SMILES string of the molecule is OCCC(CO)N1CCN(c2nc3ccccc3o2)CC1. The van der Waals surface area contributed by atoms with E-state index in [4.69, 9.17) is 9.52 Å². The molecule has 1 aromatic carbocycles. The van der Waals surface area contributed by atoms with Gasteiger partial charge < -0.3 is 19.5 Å². The zero-order valence-corrected chi connectivity index (χ0v) is 12.0. The van der Waals surface area contributed by atoms with Crippen LogP contribution in [0.15, 0.2) is 28.7 Å². The Balaban J connectivity index is 1.65. The maximum absolute atomic E-state index is 9.39. The van der Waals surface area contributed by atoms with Gasteiger partial charge in [0.1, 0.15) is 5.52 Å². The van der Waals surface area contributed by atoms with Gasteiger partial charge in [0.25, 0.3) is 6.01 Å². The first-order valence-electron chi connectivity index (χ1n) is 7.38. The fourth-order valence-electron chi connectivity index (χ4n) is 2.81. The van der Waals surface area contributed by atoms with E-state index in [0.717, 1.165) is 37.3 Å². The van der Waals surface area contributed by atoms with Crippen molar-refractivity contribution in [2.24, 2.45) is 0 Å². The van der Waals surface area contributed by atoms with Crippen LogP contribution in [-0.2, 0) is 0 Å². The Morgan fingerprint density at radius 1 is 1.14 bits per heavy atom. The Labute approximate surface area is 123 Å². The van der Waals surface area contributed by atoms with Gasteiger partial charge in [-0.2, -0.15) is 4.98 Å². The van der Waals surface area contributed by atoms with Gasteiger partial charge in [0.2, 0.25) is 0 Å². The summed E-state index contributed by atoms with van der Waals surface area (Å²) in [5, 5.41) is 18.4. The first-order valence-corrected chi connectivity index (χ1v) is 7.38. The summed E-state index contributed by atoms with van der Waals surface area (Å²) in [6.07, 6.45) is 0.611. The standard InChI is InChI=1S/C15H21N3O3/c19-10-5-12(11-20)17-6-8-18(9-7-17)15-16-13-3-1-2-4-14(13)21-15/h1-4,12,19-20H,5-11H2. The van der Waals surface area contributed by atoms with Crippen molar-refractivity contribution in [2.45, 2.75) is 12.5 Å². The Kier molecular flexibility index (Phi) is 4.38. The Morgan fingerprint density at radius 3 is 2.57 bits per heavy atom. The van der Waals surface area contributed by atoms with Gasteiger partial charge in [-0.1, -0.05) is 12.1 Å². The minimum absolute atomic E-state index is 0.0424. The van der Waals surface area contributed by atoms with Gasteiger partial charge in [-0.15, -0.1) is 0 Å². The molecular weight excluding hydrogens is 270 g/mol. The Morgan fingerprint density at radius 2 is 1.90 bits per heavy atom. The average Bonchev–Trinajstić information content (AvgIpc) is 2.97. The zero-order valence-electron chi connectivity index (χ0n) is 12.0. The first kappa shape index (κ1) is 14.3. The van der Waals surface area contributed by atoms with Crippen LogP contribution in [0.3, 0.4) is 0 Å². The van der Waals surface area contributed by atoms with E-state index in [-0.39, 0.29) is 19.3 Å². The Bertz CT molecular complexity index is 545. The fourth-order valence-corrected chi connectivity index (χ4v) is 2.81. The summed E-state index contributed by atoms with van der Waals surface area (Å²) in [5.74, 6) is 0. The van der Waals surface area contributed by atoms with Crippen LogP contribution in [0.1, 0.15) is 6.42 Å². The number of hydrogen-bond acceptors (Lipinski definition) is 6. The van der Waals surface area contributed by atoms with Crippen LogP contribution in [0.4, 0.5) is 6.01 Å². The summed E-state index contributed by atoms with van der Waals surface area (Å²) in [6, 6.07) is 8.47. The van der Waals surface area contributed by atoms with Crippen molar-refractivity contribution in [2.75, 3.05) is 44.3 Å². The molecule has 1 aliphatic heterocycles. The predicted octanol–water partition coefficient (Wildman–Crippen LogP) is 0.693. The zero-order chi connectivity index (χ0) is 14.7. The van der Waals surface area contributed by atoms with E-state index in [1.54, 1.807) is 0 Å². The number of rotatable bonds is 5. The van der Waals surface area contributed by atoms with Crippen LogP contribution < -0.4 is 4.90 Å². The molecule has 2 N–H and O–H groups in total. The molecule has 21 heavy (non-hydrogen) atoms. The number of anilines is 1. The molecule has 1 saturated heterocycles. The molecule has 0 bridgehead atoms. The lowest BCUT2D eigenvalue weighted by molar-refractivity contribution is 0.0939. The van der Waals surface area contributed by atoms with E-state index in [0.29, 0.717) is 12.4 Å². The predicted molar refractivity (Wildman–Crippen MR) is 80.4 cm³/mol. The molecule has 1 unspecified atom stereocenters. The molecule has 6 nitrogen and oxygen atoms in total. The molecule has 0 amide bonds. The molecule has 0 aliphatic carbocycles. The van der Waals surface area contributed by atoms with Crippen LogP contribution in [0.2, 0.25) is 0 Å². The number of para-hydroxylation sites is 2. The van der Waals surface area contributed by atoms with Crippen LogP contribution in [-0.4, -0.2) is 65.5 Å². The lowest BCUT2D eigenvalue weighted by Gasteiger charge is -2.37. The highest BCUT2D eigenvalue weighted by Gasteiger charge is 2.25. The third-order valence-electron chi connectivity index (χ3n) is 4.06. The van der Waals surface area contributed by atoms with Crippen molar-refractivity contribution in [1.29, 1.82) is 0 Å². The van der Waals surface area contributed by atoms with E-state index in [9.17, 15) is 5.11 Å². The topological polar surface area (TPSA) is 73.0 Å². The maximum atomic E-state index is 9.39. The summed E-state index contributed by atoms with van der Waals surface area (Å²) in [5.41, 5.74) is 1.69. The van der Waals surface area contributed by atoms with Gasteiger partial charge in [-0.25, -0.2) is 0 Å². The van der Waals surface area contributed by atoms with Crippen LogP contribution in [0, 0.1) is 0 Å². The number of fused-ring (bicyclic) bond motifs is 1. The average molecular weight is 291 g/mol. The smallest absolute Gasteiger partial charge is 0.298 e. The minimum Gasteiger partial charge on any atom is -0.423 e. The molecule has 6 heteroatoms. The fraction of sp³-hybridized carbons (Fsp3) is 0.533. The molecule has 0 saturated carbocycles. The first-order chi connectivity index (χ1) is 10.3. The van der Waals surface area contributed by atoms with Crippen molar-refractivity contribution in [3.05, 3.63) is 24.3 Å². The molecule has 2 aromatic rings. The molecule has 1 fully saturated rings. The van der Waals surface area contributed by atoms with Gasteiger partial charge in [0.15, 0.2) is 5.58 Å². The van der Waals surface area contributed by atoms with Crippen molar-refractivity contribution in [3.8, 4) is 0 Å². The van der Waals surface area contributed by atoms with Crippen molar-refractivity contribution in [3.63, 3.8) is 0 Å². The second-order valence-electron chi connectivity index (χ2n) is 5.34. The summed E-state index contributed by atoms with van der Waals surface area (Å²) in [4.78, 5) is 8.86. The highest BCUT2D eigenvalue weighted by atomic mass is 16.4. The highest BCUT2D eigenvalue weighted by Crippen LogP contribution is 2.23. The van der Waals surface area contributed by atoms with Crippen LogP contribution >= 0.6 is 0 Å². The quantitative estimate of drug-likeness (QED) is 0.844. The van der Waals surface area contributed by atoms with Crippen LogP contribution in [0.25, 0.3) is 11.1 Å². The number of aliphatic hydroxyl groups excluding tert-OH is 2. The molecule has 0 radical (unpaired) electrons. The summed E-state index contributed by atoms with van der Waals surface area (Å²) >= 11 is 0. The van der Waals surface area contributed by atoms with Gasteiger partial charge in [-0.05, 0) is 18.6 Å². The largest absolute Gasteiger partial charge is 0.423 e. The molecule has 1 aliphatic rings. The molecule has 2 heterocycles. The number of piperazine rings is 1. The normalized spacial score (nSPS) is 18.3. The molecule has 0 spiro atoms. The second kappa shape index (κ2) is 6.43. The van der Waals surface area contributed by atoms with Gasteiger partial charge in [0.05, 0.1) is 6.61 Å². The van der Waals surface area contributed by atoms with Crippen molar-refractivity contribution in [1.82, 2.24) is 9.88 Å². The highest BCUT2D eigenvalue weighted by molar-refractivity contribution is 5.74. The maximum Gasteiger partial charge on any atom is 0.298 e. The number of hydrogen-bond donors (Lipinski definition) is 2. The van der Waals surface area contributed by atoms with E-state index in [2.05, 4.69) is 14.8 Å². The molecule has 1 aromatic heterocycles. The summed E-state index contributed by atoms with van der Waals surface area (Å²) in [6.45, 7) is 3.50. The van der Waals surface area contributed by atoms with Crippen molar-refractivity contribution < 1.29 is 14.6 Å². The van der Waals surface area contributed by atoms with E-state index in [1.165, 1.54) is 0 Å². The van der Waals surface area contributed by atoms with E-state index in [1.807, 2.05) is 24.3 Å². The number of benzene rings is 1. The van der Waals surface area contributed by atoms with Gasteiger partial charge in [-0.3, -0.25) is 4.90 Å². The number of aromatic nitrogens is 1. The number of nitrogens with zero attached hydrogens (tertiary/aromatic N) is 3. The van der Waals surface area contributed by atoms with Crippen LogP contribution in [0.5, 0.6) is 0 Å². The van der Waals surface area contributed by atoms with E-state index >= 15 is 0 Å². The molecule has 1 atom stereocenters. The molecular formula is C15H21N3O3. The lowest BCUT2D eigenvalue weighted by Crippen LogP contribution is -2.51. The van der Waals surface area contributed by atoms with Crippen molar-refractivity contribution >= 4 is 17.1 Å². The number of oxazole rings is 1. The summed E-state index contributed by atoms with van der Waals surface area (Å²) in [7, 11) is 0. The minimum atomic E-state index is 0.0424. The molecule has 3 rings (SSSR count). The Hall–Kier alpha value is -1.63. The van der Waals surface area contributed by atoms with E-state index < -0.39 is 0 Å².